The van der Waals surface area contributed by atoms with E-state index in [9.17, 15) is 0 Å². The summed E-state index contributed by atoms with van der Waals surface area (Å²) in [6.45, 7) is 4.51. The molecule has 3 atom stereocenters. The van der Waals surface area contributed by atoms with Gasteiger partial charge in [0.1, 0.15) is 11.9 Å². The summed E-state index contributed by atoms with van der Waals surface area (Å²) in [5, 5.41) is 3.44. The van der Waals surface area contributed by atoms with Gasteiger partial charge in [-0.1, -0.05) is 24.6 Å². The number of aliphatic imine (C=N–C) groups is 1. The quantitative estimate of drug-likeness (QED) is 0.847. The molecule has 0 amide bonds. The third-order valence-electron chi connectivity index (χ3n) is 6.41. The number of nitrogens with one attached hydrogen (secondary N) is 1. The highest BCUT2D eigenvalue weighted by atomic mass is 15.2. The topological polar surface area (TPSA) is 45.5 Å². The van der Waals surface area contributed by atoms with E-state index in [1.54, 1.807) is 5.57 Å². The van der Waals surface area contributed by atoms with Gasteiger partial charge in [0.25, 0.3) is 0 Å². The molecule has 0 bridgehead atoms. The van der Waals surface area contributed by atoms with Gasteiger partial charge in [-0.15, -0.1) is 0 Å². The molecule has 3 heterocycles. The number of hydrogen-bond acceptors (Lipinski definition) is 4. The van der Waals surface area contributed by atoms with Crippen molar-refractivity contribution in [1.29, 1.82) is 0 Å². The van der Waals surface area contributed by atoms with Gasteiger partial charge < -0.3 is 14.8 Å². The predicted octanol–water partition coefficient (Wildman–Crippen LogP) is 2.89. The summed E-state index contributed by atoms with van der Waals surface area (Å²) >= 11 is 0. The first-order valence-corrected chi connectivity index (χ1v) is 10.0. The zero-order valence-electron chi connectivity index (χ0n) is 16.3. The van der Waals surface area contributed by atoms with E-state index in [1.807, 2.05) is 12.5 Å². The zero-order chi connectivity index (χ0) is 18.1. The van der Waals surface area contributed by atoms with E-state index < -0.39 is 0 Å². The van der Waals surface area contributed by atoms with Crippen LogP contribution >= 0.6 is 0 Å². The highest BCUT2D eigenvalue weighted by Crippen LogP contribution is 2.38. The number of nitrogens with zero attached hydrogens (tertiary/aromatic N) is 4. The lowest BCUT2D eigenvalue weighted by Crippen LogP contribution is -2.38. The maximum atomic E-state index is 4.80. The average Bonchev–Trinajstić information content (AvgIpc) is 3.08. The molecule has 1 aliphatic carbocycles. The van der Waals surface area contributed by atoms with Crippen LogP contribution in [0.3, 0.4) is 0 Å². The van der Waals surface area contributed by atoms with Crippen LogP contribution in [0.1, 0.15) is 44.0 Å². The molecule has 1 N–H and O–H groups in total. The summed E-state index contributed by atoms with van der Waals surface area (Å²) in [6.07, 6.45) is 14.8. The SMILES string of the molecule is CCC1CC(C2=CCNCC2)CC=C1N(C)C1Cc2c(ncn2C)C=N1. The third kappa shape index (κ3) is 3.25. The molecular weight excluding hydrogens is 322 g/mol. The number of allylic oxidation sites excluding steroid dienone is 2. The molecule has 1 aromatic heterocycles. The molecule has 140 valence electrons. The zero-order valence-corrected chi connectivity index (χ0v) is 16.3. The largest absolute Gasteiger partial charge is 0.356 e. The Balaban J connectivity index is 1.50. The lowest BCUT2D eigenvalue weighted by Gasteiger charge is -2.39. The first kappa shape index (κ1) is 17.5. The van der Waals surface area contributed by atoms with Crippen molar-refractivity contribution in [1.82, 2.24) is 19.8 Å². The molecule has 5 heteroatoms. The smallest absolute Gasteiger partial charge is 0.126 e. The minimum atomic E-state index is 0.188. The number of likely N-dealkylation sites (N-methyl/N-ethyl adjacent to an activating group) is 1. The van der Waals surface area contributed by atoms with Crippen LogP contribution in [0.25, 0.3) is 0 Å². The van der Waals surface area contributed by atoms with E-state index in [-0.39, 0.29) is 6.17 Å². The van der Waals surface area contributed by atoms with Crippen molar-refractivity contribution in [2.45, 2.75) is 45.2 Å². The molecule has 5 nitrogen and oxygen atoms in total. The second-order valence-corrected chi connectivity index (χ2v) is 7.90. The van der Waals surface area contributed by atoms with E-state index in [0.717, 1.165) is 31.1 Å². The van der Waals surface area contributed by atoms with Crippen LogP contribution in [0, 0.1) is 11.8 Å². The first-order valence-electron chi connectivity index (χ1n) is 10.0. The number of aromatic nitrogens is 2. The van der Waals surface area contributed by atoms with E-state index in [4.69, 9.17) is 4.99 Å². The molecule has 1 aromatic rings. The van der Waals surface area contributed by atoms with E-state index >= 15 is 0 Å². The maximum Gasteiger partial charge on any atom is 0.126 e. The summed E-state index contributed by atoms with van der Waals surface area (Å²) in [6, 6.07) is 0. The van der Waals surface area contributed by atoms with Crippen molar-refractivity contribution in [2.75, 3.05) is 20.1 Å². The Kier molecular flexibility index (Phi) is 4.98. The predicted molar refractivity (Wildman–Crippen MR) is 106 cm³/mol. The van der Waals surface area contributed by atoms with Crippen LogP contribution in [0.2, 0.25) is 0 Å². The normalized spacial score (nSPS) is 28.3. The number of rotatable bonds is 4. The minimum Gasteiger partial charge on any atom is -0.356 e. The Bertz CT molecular complexity index is 742. The van der Waals surface area contributed by atoms with Gasteiger partial charge in [0.15, 0.2) is 0 Å². The molecule has 0 aromatic carbocycles. The summed E-state index contributed by atoms with van der Waals surface area (Å²) in [4.78, 5) is 11.7. The van der Waals surface area contributed by atoms with Gasteiger partial charge in [-0.2, -0.15) is 0 Å². The van der Waals surface area contributed by atoms with Crippen LogP contribution in [-0.4, -0.2) is 47.0 Å². The molecule has 0 radical (unpaired) electrons. The van der Waals surface area contributed by atoms with Gasteiger partial charge in [0.05, 0.1) is 12.5 Å². The Morgan fingerprint density at radius 1 is 1.35 bits per heavy atom. The Hall–Kier alpha value is -1.88. The lowest BCUT2D eigenvalue weighted by molar-refractivity contribution is 0.240. The third-order valence-corrected chi connectivity index (χ3v) is 6.41. The monoisotopic (exact) mass is 353 g/mol. The van der Waals surface area contributed by atoms with Gasteiger partial charge in [-0.25, -0.2) is 4.98 Å². The van der Waals surface area contributed by atoms with E-state index in [1.165, 1.54) is 37.1 Å². The van der Waals surface area contributed by atoms with Crippen molar-refractivity contribution in [3.63, 3.8) is 0 Å². The molecule has 4 rings (SSSR count). The van der Waals surface area contributed by atoms with Gasteiger partial charge in [0, 0.05) is 38.5 Å². The molecule has 0 saturated heterocycles. The molecule has 26 heavy (non-hydrogen) atoms. The molecule has 3 aliphatic rings. The Labute approximate surface area is 156 Å². The molecular formula is C21H31N5. The average molecular weight is 354 g/mol. The van der Waals surface area contributed by atoms with Crippen molar-refractivity contribution >= 4 is 6.21 Å². The summed E-state index contributed by atoms with van der Waals surface area (Å²) in [5.41, 5.74) is 5.49. The van der Waals surface area contributed by atoms with Gasteiger partial charge in [0.2, 0.25) is 0 Å². The van der Waals surface area contributed by atoms with E-state index in [0.29, 0.717) is 5.92 Å². The highest BCUT2D eigenvalue weighted by molar-refractivity contribution is 5.79. The standard InChI is InChI=1S/C21H31N5/c1-4-15-11-17(16-7-9-22-10-8-16)5-6-19(15)26(3)21-12-20-18(13-23-21)24-14-25(20)2/h6-7,13-15,17,21-22H,4-5,8-12H2,1-3H3. The van der Waals surface area contributed by atoms with Crippen LogP contribution in [0.15, 0.2) is 34.7 Å². The fourth-order valence-electron chi connectivity index (χ4n) is 4.73. The molecule has 3 unspecified atom stereocenters. The maximum absolute atomic E-state index is 4.80. The number of hydrogen-bond donors (Lipinski definition) is 1. The summed E-state index contributed by atoms with van der Waals surface area (Å²) in [7, 11) is 4.30. The Morgan fingerprint density at radius 3 is 3.00 bits per heavy atom. The Morgan fingerprint density at radius 2 is 2.23 bits per heavy atom. The second-order valence-electron chi connectivity index (χ2n) is 7.90. The van der Waals surface area contributed by atoms with Crippen molar-refractivity contribution in [3.05, 3.63) is 41.1 Å². The number of imidazole rings is 1. The van der Waals surface area contributed by atoms with Crippen molar-refractivity contribution in [2.24, 2.45) is 23.9 Å². The van der Waals surface area contributed by atoms with Gasteiger partial charge in [-0.3, -0.25) is 4.99 Å². The summed E-state index contributed by atoms with van der Waals surface area (Å²) in [5.74, 6) is 1.37. The fourth-order valence-corrected chi connectivity index (χ4v) is 4.73. The van der Waals surface area contributed by atoms with E-state index in [2.05, 4.69) is 52.9 Å². The molecule has 0 fully saturated rings. The molecule has 0 spiro atoms. The second kappa shape index (κ2) is 7.39. The van der Waals surface area contributed by atoms with Crippen LogP contribution in [-0.2, 0) is 13.5 Å². The van der Waals surface area contributed by atoms with Gasteiger partial charge >= 0.3 is 0 Å². The number of fused-ring (bicyclic) bond motifs is 1. The molecule has 0 saturated carbocycles. The van der Waals surface area contributed by atoms with Crippen LogP contribution < -0.4 is 5.32 Å². The van der Waals surface area contributed by atoms with Gasteiger partial charge in [-0.05, 0) is 44.1 Å². The molecule has 2 aliphatic heterocycles. The number of aryl methyl sites for hydroxylation is 1. The van der Waals surface area contributed by atoms with Crippen molar-refractivity contribution < 1.29 is 0 Å². The van der Waals surface area contributed by atoms with Crippen molar-refractivity contribution in [3.8, 4) is 0 Å². The first-order chi connectivity index (χ1) is 12.7. The summed E-state index contributed by atoms with van der Waals surface area (Å²) < 4.78 is 2.13. The minimum absolute atomic E-state index is 0.188. The van der Waals surface area contributed by atoms with Crippen LogP contribution in [0.5, 0.6) is 0 Å². The lowest BCUT2D eigenvalue weighted by atomic mass is 9.77. The highest BCUT2D eigenvalue weighted by Gasteiger charge is 2.31. The van der Waals surface area contributed by atoms with Crippen LogP contribution in [0.4, 0.5) is 0 Å². The fraction of sp³-hybridized carbons (Fsp3) is 0.619.